The zero-order valence-electron chi connectivity index (χ0n) is 14.8. The number of pyridine rings is 1. The summed E-state index contributed by atoms with van der Waals surface area (Å²) >= 11 is 3.36. The standard InChI is InChI=1S/C18H17BrF4N4O/c1-9-13(20)5-15(27-9)16(28)3-2-10-4-14(24-8-12(10)19)11-6-25-17(26-7-11)18(21,22)23/h4,6-9,13,15,27H,2-3,5H2,1H3/t9-,13+,15-/m0/s1. The van der Waals surface area contributed by atoms with Gasteiger partial charge >= 0.3 is 6.18 Å². The van der Waals surface area contributed by atoms with Gasteiger partial charge in [-0.1, -0.05) is 0 Å². The summed E-state index contributed by atoms with van der Waals surface area (Å²) in [4.78, 5) is 23.2. The summed E-state index contributed by atoms with van der Waals surface area (Å²) in [5, 5.41) is 2.95. The van der Waals surface area contributed by atoms with Crippen LogP contribution in [0.4, 0.5) is 17.6 Å². The van der Waals surface area contributed by atoms with Crippen LogP contribution in [0.3, 0.4) is 0 Å². The van der Waals surface area contributed by atoms with Crippen LogP contribution in [0, 0.1) is 0 Å². The number of Topliss-reactive ketones (excluding diaryl/α,β-unsaturated/α-hetero) is 1. The summed E-state index contributed by atoms with van der Waals surface area (Å²) < 4.78 is 52.0. The molecule has 3 rings (SSSR count). The summed E-state index contributed by atoms with van der Waals surface area (Å²) in [5.74, 6) is -1.29. The highest BCUT2D eigenvalue weighted by Crippen LogP contribution is 2.28. The number of carbonyl (C=O) groups is 1. The Hall–Kier alpha value is -1.94. The van der Waals surface area contributed by atoms with Crippen molar-refractivity contribution in [3.63, 3.8) is 0 Å². The van der Waals surface area contributed by atoms with E-state index in [1.807, 2.05) is 0 Å². The van der Waals surface area contributed by atoms with E-state index in [-0.39, 0.29) is 24.7 Å². The maximum atomic E-state index is 13.6. The number of hydrogen-bond donors (Lipinski definition) is 1. The molecule has 1 aliphatic heterocycles. The first-order chi connectivity index (χ1) is 13.1. The number of rotatable bonds is 5. The highest BCUT2D eigenvalue weighted by molar-refractivity contribution is 9.10. The van der Waals surface area contributed by atoms with Gasteiger partial charge in [0.05, 0.1) is 11.7 Å². The number of nitrogens with zero attached hydrogens (tertiary/aromatic N) is 3. The maximum Gasteiger partial charge on any atom is 0.451 e. The summed E-state index contributed by atoms with van der Waals surface area (Å²) in [7, 11) is 0. The number of alkyl halides is 4. The van der Waals surface area contributed by atoms with Crippen molar-refractivity contribution in [3.05, 3.63) is 40.5 Å². The van der Waals surface area contributed by atoms with Gasteiger partial charge in [-0.05, 0) is 40.9 Å². The molecule has 0 aromatic carbocycles. The Labute approximate surface area is 167 Å². The highest BCUT2D eigenvalue weighted by Gasteiger charge is 2.35. The molecule has 1 fully saturated rings. The SMILES string of the molecule is C[C@@H]1N[C@H](C(=O)CCc2cc(-c3cnc(C(F)(F)F)nc3)ncc2Br)C[C@H]1F. The van der Waals surface area contributed by atoms with Gasteiger partial charge in [0.25, 0.3) is 0 Å². The molecule has 10 heteroatoms. The first kappa shape index (κ1) is 20.8. The fraction of sp³-hybridized carbons (Fsp3) is 0.444. The normalized spacial score (nSPS) is 22.4. The van der Waals surface area contributed by atoms with Crippen molar-refractivity contribution in [2.45, 2.75) is 50.6 Å². The van der Waals surface area contributed by atoms with Crippen LogP contribution < -0.4 is 5.32 Å². The van der Waals surface area contributed by atoms with E-state index in [1.54, 1.807) is 13.0 Å². The molecule has 5 nitrogen and oxygen atoms in total. The summed E-state index contributed by atoms with van der Waals surface area (Å²) in [6, 6.07) is 0.840. The summed E-state index contributed by atoms with van der Waals surface area (Å²) in [6.45, 7) is 1.70. The highest BCUT2D eigenvalue weighted by atomic mass is 79.9. The van der Waals surface area contributed by atoms with Crippen molar-refractivity contribution in [2.24, 2.45) is 0 Å². The largest absolute Gasteiger partial charge is 0.451 e. The second-order valence-electron chi connectivity index (χ2n) is 6.68. The van der Waals surface area contributed by atoms with Crippen LogP contribution in [0.1, 0.15) is 31.2 Å². The van der Waals surface area contributed by atoms with Crippen molar-refractivity contribution < 1.29 is 22.4 Å². The Morgan fingerprint density at radius 3 is 2.50 bits per heavy atom. The predicted octanol–water partition coefficient (Wildman–Crippen LogP) is 3.91. The molecule has 0 spiro atoms. The molecule has 3 heterocycles. The van der Waals surface area contributed by atoms with Crippen LogP contribution in [0.25, 0.3) is 11.3 Å². The number of nitrogens with one attached hydrogen (secondary N) is 1. The van der Waals surface area contributed by atoms with Crippen molar-refractivity contribution in [1.29, 1.82) is 0 Å². The molecular weight excluding hydrogens is 444 g/mol. The zero-order valence-corrected chi connectivity index (χ0v) is 16.4. The van der Waals surface area contributed by atoms with Crippen LogP contribution in [0.2, 0.25) is 0 Å². The molecule has 28 heavy (non-hydrogen) atoms. The molecule has 0 saturated carbocycles. The summed E-state index contributed by atoms with van der Waals surface area (Å²) in [6.07, 6.45) is -1.23. The minimum Gasteiger partial charge on any atom is -0.302 e. The van der Waals surface area contributed by atoms with Crippen molar-refractivity contribution in [3.8, 4) is 11.3 Å². The predicted molar refractivity (Wildman–Crippen MR) is 97.2 cm³/mol. The topological polar surface area (TPSA) is 67.8 Å². The Kier molecular flexibility index (Phi) is 6.09. The van der Waals surface area contributed by atoms with Gasteiger partial charge in [-0.25, -0.2) is 14.4 Å². The van der Waals surface area contributed by atoms with E-state index in [1.165, 1.54) is 6.20 Å². The molecule has 1 aliphatic rings. The number of ketones is 1. The smallest absolute Gasteiger partial charge is 0.302 e. The molecule has 0 aliphatic carbocycles. The van der Waals surface area contributed by atoms with E-state index in [0.29, 0.717) is 22.2 Å². The molecule has 3 atom stereocenters. The van der Waals surface area contributed by atoms with Crippen LogP contribution in [-0.2, 0) is 17.4 Å². The lowest BCUT2D eigenvalue weighted by molar-refractivity contribution is -0.145. The van der Waals surface area contributed by atoms with Gasteiger partial charge in [0.15, 0.2) is 0 Å². The van der Waals surface area contributed by atoms with Gasteiger partial charge in [0.1, 0.15) is 12.0 Å². The molecular formula is C18H17BrF4N4O. The second-order valence-corrected chi connectivity index (χ2v) is 7.53. The molecule has 150 valence electrons. The number of halogens is 5. The fourth-order valence-electron chi connectivity index (χ4n) is 3.01. The van der Waals surface area contributed by atoms with Crippen LogP contribution in [0.15, 0.2) is 29.1 Å². The first-order valence-corrected chi connectivity index (χ1v) is 9.41. The second kappa shape index (κ2) is 8.20. The van der Waals surface area contributed by atoms with Gasteiger partial charge in [-0.15, -0.1) is 0 Å². The van der Waals surface area contributed by atoms with E-state index in [9.17, 15) is 22.4 Å². The molecule has 0 unspecified atom stereocenters. The first-order valence-electron chi connectivity index (χ1n) is 8.62. The molecule has 2 aromatic heterocycles. The lowest BCUT2D eigenvalue weighted by Gasteiger charge is -2.11. The van der Waals surface area contributed by atoms with Gasteiger partial charge in [-0.3, -0.25) is 9.78 Å². The Morgan fingerprint density at radius 1 is 1.25 bits per heavy atom. The third kappa shape index (κ3) is 4.72. The van der Waals surface area contributed by atoms with Crippen LogP contribution >= 0.6 is 15.9 Å². The van der Waals surface area contributed by atoms with Gasteiger partial charge < -0.3 is 5.32 Å². The lowest BCUT2D eigenvalue weighted by Crippen LogP contribution is -2.35. The number of aryl methyl sites for hydroxylation is 1. The minimum atomic E-state index is -4.61. The molecule has 0 radical (unpaired) electrons. The lowest BCUT2D eigenvalue weighted by atomic mass is 10.0. The molecule has 0 amide bonds. The Balaban J connectivity index is 1.70. The third-order valence-corrected chi connectivity index (χ3v) is 5.35. The number of hydrogen-bond acceptors (Lipinski definition) is 5. The average molecular weight is 461 g/mol. The minimum absolute atomic E-state index is 0.0740. The molecule has 1 saturated heterocycles. The molecule has 0 bridgehead atoms. The number of aromatic nitrogens is 3. The van der Waals surface area contributed by atoms with Gasteiger partial charge in [0.2, 0.25) is 5.82 Å². The third-order valence-electron chi connectivity index (χ3n) is 4.63. The van der Waals surface area contributed by atoms with Gasteiger partial charge in [-0.2, -0.15) is 13.2 Å². The van der Waals surface area contributed by atoms with Crippen LogP contribution in [0.5, 0.6) is 0 Å². The maximum absolute atomic E-state index is 13.6. The van der Waals surface area contributed by atoms with E-state index in [2.05, 4.69) is 36.2 Å². The Morgan fingerprint density at radius 2 is 1.93 bits per heavy atom. The van der Waals surface area contributed by atoms with E-state index >= 15 is 0 Å². The van der Waals surface area contributed by atoms with E-state index in [0.717, 1.165) is 18.0 Å². The van der Waals surface area contributed by atoms with Gasteiger partial charge in [0, 0.05) is 47.5 Å². The van der Waals surface area contributed by atoms with Crippen molar-refractivity contribution >= 4 is 21.7 Å². The van der Waals surface area contributed by atoms with Crippen molar-refractivity contribution in [2.75, 3.05) is 0 Å². The monoisotopic (exact) mass is 460 g/mol. The quantitative estimate of drug-likeness (QED) is 0.685. The van der Waals surface area contributed by atoms with E-state index in [4.69, 9.17) is 0 Å². The fourth-order valence-corrected chi connectivity index (χ4v) is 3.43. The zero-order chi connectivity index (χ0) is 20.5. The Bertz CT molecular complexity index is 850. The van der Waals surface area contributed by atoms with E-state index < -0.39 is 24.2 Å². The molecule has 1 N–H and O–H groups in total. The summed E-state index contributed by atoms with van der Waals surface area (Å²) in [5.41, 5.74) is 1.50. The molecule has 2 aromatic rings. The average Bonchev–Trinajstić information content (AvgIpc) is 2.99. The van der Waals surface area contributed by atoms with Crippen molar-refractivity contribution in [1.82, 2.24) is 20.3 Å². The number of carbonyl (C=O) groups excluding carboxylic acids is 1. The van der Waals surface area contributed by atoms with Crippen LogP contribution in [-0.4, -0.2) is 39.0 Å².